The van der Waals surface area contributed by atoms with Gasteiger partial charge < -0.3 is 15.8 Å². The number of carbonyl (C=O) groups excluding carboxylic acids is 3. The van der Waals surface area contributed by atoms with Crippen molar-refractivity contribution < 1.29 is 19.1 Å². The molecule has 0 aromatic heterocycles. The van der Waals surface area contributed by atoms with Gasteiger partial charge in [0.1, 0.15) is 6.34 Å². The third-order valence-electron chi connectivity index (χ3n) is 4.02. The smallest absolute Gasteiger partial charge is 0.308 e. The predicted molar refractivity (Wildman–Crippen MR) is 80.1 cm³/mol. The number of esters is 1. The number of nitrogens with one attached hydrogen (secondary N) is 3. The molecule has 1 aliphatic heterocycles. The summed E-state index contributed by atoms with van der Waals surface area (Å²) < 4.78 is 4.72. The van der Waals surface area contributed by atoms with Gasteiger partial charge in [-0.3, -0.25) is 24.7 Å². The minimum Gasteiger partial charge on any atom is -0.469 e. The molecule has 0 bridgehead atoms. The zero-order chi connectivity index (χ0) is 17.0. The van der Waals surface area contributed by atoms with Crippen LogP contribution >= 0.6 is 0 Å². The molecule has 0 radical (unpaired) electrons. The van der Waals surface area contributed by atoms with Crippen LogP contribution in [0.5, 0.6) is 0 Å². The number of hydrazone groups is 1. The molecule has 126 valence electrons. The van der Waals surface area contributed by atoms with E-state index in [4.69, 9.17) is 15.9 Å². The molecule has 0 aromatic carbocycles. The molecule has 1 atom stereocenters. The lowest BCUT2D eigenvalue weighted by molar-refractivity contribution is -0.146. The average Bonchev–Trinajstić information content (AvgIpc) is 2.54. The van der Waals surface area contributed by atoms with E-state index in [0.29, 0.717) is 25.7 Å². The fourth-order valence-electron chi connectivity index (χ4n) is 2.78. The Morgan fingerprint density at radius 2 is 2.09 bits per heavy atom. The summed E-state index contributed by atoms with van der Waals surface area (Å²) in [6.07, 6.45) is 3.60. The number of nitrogens with zero attached hydrogens (tertiary/aromatic N) is 2. The summed E-state index contributed by atoms with van der Waals surface area (Å²) in [6, 6.07) is -1.40. The van der Waals surface area contributed by atoms with Crippen molar-refractivity contribution in [3.8, 4) is 0 Å². The number of rotatable bonds is 3. The van der Waals surface area contributed by atoms with Crippen LogP contribution in [0.3, 0.4) is 0 Å². The Balaban J connectivity index is 1.94. The quantitative estimate of drug-likeness (QED) is 0.214. The van der Waals surface area contributed by atoms with Gasteiger partial charge in [-0.1, -0.05) is 0 Å². The molecule has 1 unspecified atom stereocenters. The third kappa shape index (κ3) is 3.76. The second-order valence-corrected chi connectivity index (χ2v) is 5.50. The maximum absolute atomic E-state index is 12.3. The van der Waals surface area contributed by atoms with Gasteiger partial charge in [0.15, 0.2) is 12.0 Å². The molecular formula is C13H20N6O4. The van der Waals surface area contributed by atoms with Gasteiger partial charge in [-0.25, -0.2) is 5.43 Å². The van der Waals surface area contributed by atoms with Crippen LogP contribution in [-0.2, 0) is 19.1 Å². The topological polar surface area (TPSA) is 150 Å². The predicted octanol–water partition coefficient (Wildman–Crippen LogP) is -1.53. The summed E-state index contributed by atoms with van der Waals surface area (Å²) in [6.45, 7) is 0. The van der Waals surface area contributed by atoms with Crippen molar-refractivity contribution in [2.75, 3.05) is 7.11 Å². The minimum absolute atomic E-state index is 0.135. The summed E-state index contributed by atoms with van der Waals surface area (Å²) in [4.78, 5) is 36.7. The second kappa shape index (κ2) is 7.07. The standard InChI is InChI=1S/C13H20N6O4/c1-23-12(22)7-2-4-8(5-3-7)17-10(20)9-11(21)18-16-6-19(9)13(14)15/h6-9H,2-5H2,1H3,(H3,14,15)(H,17,20)(H,18,21). The second-order valence-electron chi connectivity index (χ2n) is 5.50. The van der Waals surface area contributed by atoms with Gasteiger partial charge in [-0.05, 0) is 25.7 Å². The van der Waals surface area contributed by atoms with E-state index >= 15 is 0 Å². The molecule has 10 heteroatoms. The molecule has 2 rings (SSSR count). The summed E-state index contributed by atoms with van der Waals surface area (Å²) in [5.41, 5.74) is 7.54. The molecule has 1 fully saturated rings. The van der Waals surface area contributed by atoms with E-state index in [-0.39, 0.29) is 17.9 Å². The van der Waals surface area contributed by atoms with E-state index in [2.05, 4.69) is 15.8 Å². The normalized spacial score (nSPS) is 27.1. The van der Waals surface area contributed by atoms with E-state index < -0.39 is 23.8 Å². The molecule has 1 saturated carbocycles. The first-order valence-corrected chi connectivity index (χ1v) is 7.27. The molecule has 0 saturated heterocycles. The molecule has 2 amide bonds. The lowest BCUT2D eigenvalue weighted by Gasteiger charge is -2.32. The Hall–Kier alpha value is -2.65. The first-order chi connectivity index (χ1) is 10.9. The zero-order valence-corrected chi connectivity index (χ0v) is 12.7. The SMILES string of the molecule is COC(=O)C1CCC(NC(=O)C2C(=O)NN=CN2C(=N)N)CC1. The van der Waals surface area contributed by atoms with Gasteiger partial charge in [0, 0.05) is 6.04 Å². The molecule has 23 heavy (non-hydrogen) atoms. The van der Waals surface area contributed by atoms with Crippen molar-refractivity contribution in [3.63, 3.8) is 0 Å². The summed E-state index contributed by atoms with van der Waals surface area (Å²) >= 11 is 0. The van der Waals surface area contributed by atoms with Gasteiger partial charge in [0.25, 0.3) is 11.8 Å². The number of amides is 2. The Bertz CT molecular complexity index is 541. The lowest BCUT2D eigenvalue weighted by atomic mass is 9.86. The van der Waals surface area contributed by atoms with Crippen molar-refractivity contribution in [1.82, 2.24) is 15.6 Å². The van der Waals surface area contributed by atoms with Crippen LogP contribution in [0.2, 0.25) is 0 Å². The average molecular weight is 324 g/mol. The van der Waals surface area contributed by atoms with Crippen LogP contribution in [0.25, 0.3) is 0 Å². The highest BCUT2D eigenvalue weighted by molar-refractivity contribution is 6.11. The Kier molecular flexibility index (Phi) is 5.14. The van der Waals surface area contributed by atoms with Gasteiger partial charge in [-0.2, -0.15) is 5.10 Å². The first-order valence-electron chi connectivity index (χ1n) is 7.27. The van der Waals surface area contributed by atoms with Crippen LogP contribution in [0.4, 0.5) is 0 Å². The van der Waals surface area contributed by atoms with Gasteiger partial charge in [0.2, 0.25) is 0 Å². The highest BCUT2D eigenvalue weighted by atomic mass is 16.5. The molecule has 1 heterocycles. The number of nitrogens with two attached hydrogens (primary N) is 1. The van der Waals surface area contributed by atoms with Gasteiger partial charge >= 0.3 is 5.97 Å². The summed E-state index contributed by atoms with van der Waals surface area (Å²) in [7, 11) is 1.36. The lowest BCUT2D eigenvalue weighted by Crippen LogP contribution is -2.61. The third-order valence-corrected chi connectivity index (χ3v) is 4.02. The molecule has 0 spiro atoms. The van der Waals surface area contributed by atoms with Crippen LogP contribution in [0, 0.1) is 11.3 Å². The molecule has 0 aromatic rings. The van der Waals surface area contributed by atoms with Crippen molar-refractivity contribution >= 4 is 30.1 Å². The molecular weight excluding hydrogens is 304 g/mol. The minimum atomic E-state index is -1.26. The van der Waals surface area contributed by atoms with Gasteiger partial charge in [-0.15, -0.1) is 0 Å². The van der Waals surface area contributed by atoms with Crippen molar-refractivity contribution in [2.24, 2.45) is 16.8 Å². The summed E-state index contributed by atoms with van der Waals surface area (Å²) in [5, 5.41) is 13.7. The van der Waals surface area contributed by atoms with Crippen LogP contribution in [0.1, 0.15) is 25.7 Å². The number of methoxy groups -OCH3 is 1. The van der Waals surface area contributed by atoms with Crippen molar-refractivity contribution in [1.29, 1.82) is 5.41 Å². The molecule has 2 aliphatic rings. The van der Waals surface area contributed by atoms with Crippen molar-refractivity contribution in [3.05, 3.63) is 0 Å². The maximum atomic E-state index is 12.3. The zero-order valence-electron chi connectivity index (χ0n) is 12.7. The number of hydrogen-bond donors (Lipinski definition) is 4. The van der Waals surface area contributed by atoms with E-state index in [0.717, 1.165) is 11.2 Å². The van der Waals surface area contributed by atoms with Crippen molar-refractivity contribution in [2.45, 2.75) is 37.8 Å². The largest absolute Gasteiger partial charge is 0.469 e. The summed E-state index contributed by atoms with van der Waals surface area (Å²) in [5.74, 6) is -2.03. The molecule has 10 nitrogen and oxygen atoms in total. The first kappa shape index (κ1) is 16.7. The Labute approximate surface area is 132 Å². The van der Waals surface area contributed by atoms with E-state index in [1.54, 1.807) is 0 Å². The number of ether oxygens (including phenoxy) is 1. The number of hydrogen-bond acceptors (Lipinski definition) is 6. The fraction of sp³-hybridized carbons (Fsp3) is 0.615. The number of carbonyl (C=O) groups is 3. The van der Waals surface area contributed by atoms with Gasteiger partial charge in [0.05, 0.1) is 13.0 Å². The number of guanidine groups is 1. The van der Waals surface area contributed by atoms with Crippen LogP contribution < -0.4 is 16.5 Å². The van der Waals surface area contributed by atoms with E-state index in [1.807, 2.05) is 0 Å². The van der Waals surface area contributed by atoms with E-state index in [1.165, 1.54) is 7.11 Å². The van der Waals surface area contributed by atoms with Crippen LogP contribution in [-0.4, -0.2) is 54.2 Å². The molecule has 5 N–H and O–H groups in total. The maximum Gasteiger partial charge on any atom is 0.308 e. The van der Waals surface area contributed by atoms with E-state index in [9.17, 15) is 14.4 Å². The Morgan fingerprint density at radius 3 is 2.65 bits per heavy atom. The molecule has 1 aliphatic carbocycles. The van der Waals surface area contributed by atoms with Crippen LogP contribution in [0.15, 0.2) is 5.10 Å². The fourth-order valence-corrected chi connectivity index (χ4v) is 2.78. The monoisotopic (exact) mass is 324 g/mol. The Morgan fingerprint density at radius 1 is 1.43 bits per heavy atom. The highest BCUT2D eigenvalue weighted by Gasteiger charge is 2.37. The highest BCUT2D eigenvalue weighted by Crippen LogP contribution is 2.25.